The molecule has 1 atom stereocenters. The molecule has 0 radical (unpaired) electrons. The molecule has 1 N–H and O–H groups in total. The van der Waals surface area contributed by atoms with Gasteiger partial charge in [0, 0.05) is 19.5 Å². The molecule has 3 aromatic rings. The third-order valence-corrected chi connectivity index (χ3v) is 4.23. The van der Waals surface area contributed by atoms with Gasteiger partial charge in [-0.3, -0.25) is 4.79 Å². The van der Waals surface area contributed by atoms with E-state index in [2.05, 4.69) is 31.6 Å². The molecule has 2 aromatic heterocycles. The molecule has 0 spiro atoms. The molecular formula is C16H16N6O2. The summed E-state index contributed by atoms with van der Waals surface area (Å²) in [6.07, 6.45) is 3.12. The van der Waals surface area contributed by atoms with Gasteiger partial charge in [0.2, 0.25) is 17.5 Å². The minimum atomic E-state index is -0.217. The van der Waals surface area contributed by atoms with E-state index >= 15 is 0 Å². The summed E-state index contributed by atoms with van der Waals surface area (Å²) in [5, 5.41) is 10.9. The van der Waals surface area contributed by atoms with Crippen LogP contribution in [0.3, 0.4) is 0 Å². The predicted octanol–water partition coefficient (Wildman–Crippen LogP) is 1.59. The van der Waals surface area contributed by atoms with Gasteiger partial charge in [-0.25, -0.2) is 9.67 Å². The summed E-state index contributed by atoms with van der Waals surface area (Å²) in [5.41, 5.74) is 3.23. The molecular weight excluding hydrogens is 308 g/mol. The smallest absolute Gasteiger partial charge is 0.289 e. The summed E-state index contributed by atoms with van der Waals surface area (Å²) in [6.45, 7) is 1.77. The SMILES string of the molecule is Cc1nc(-c2ccc3c(c2)CCC3NC(=O)c2ncnn2C)no1. The first-order valence-corrected chi connectivity index (χ1v) is 7.70. The summed E-state index contributed by atoms with van der Waals surface area (Å²) in [6, 6.07) is 6.01. The first-order valence-electron chi connectivity index (χ1n) is 7.70. The van der Waals surface area contributed by atoms with Crippen molar-refractivity contribution in [1.82, 2.24) is 30.2 Å². The molecule has 0 saturated carbocycles. The Kier molecular flexibility index (Phi) is 3.37. The average molecular weight is 324 g/mol. The van der Waals surface area contributed by atoms with E-state index in [-0.39, 0.29) is 11.9 Å². The molecule has 1 aliphatic carbocycles. The van der Waals surface area contributed by atoms with Gasteiger partial charge in [0.1, 0.15) is 6.33 Å². The lowest BCUT2D eigenvalue weighted by atomic mass is 10.0. The molecule has 2 heterocycles. The van der Waals surface area contributed by atoms with Crippen LogP contribution in [0.5, 0.6) is 0 Å². The fourth-order valence-corrected chi connectivity index (χ4v) is 3.05. The zero-order valence-electron chi connectivity index (χ0n) is 13.4. The van der Waals surface area contributed by atoms with E-state index in [9.17, 15) is 4.79 Å². The lowest BCUT2D eigenvalue weighted by Gasteiger charge is -2.13. The topological polar surface area (TPSA) is 98.7 Å². The highest BCUT2D eigenvalue weighted by atomic mass is 16.5. The van der Waals surface area contributed by atoms with Crippen LogP contribution in [0, 0.1) is 6.92 Å². The molecule has 122 valence electrons. The third-order valence-electron chi connectivity index (χ3n) is 4.23. The normalized spacial score (nSPS) is 16.2. The molecule has 1 aliphatic rings. The minimum absolute atomic E-state index is 0.0229. The van der Waals surface area contributed by atoms with Gasteiger partial charge in [-0.2, -0.15) is 10.1 Å². The van der Waals surface area contributed by atoms with E-state index in [0.29, 0.717) is 17.5 Å². The van der Waals surface area contributed by atoms with Crippen LogP contribution >= 0.6 is 0 Å². The van der Waals surface area contributed by atoms with Crippen molar-refractivity contribution in [1.29, 1.82) is 0 Å². The molecule has 1 unspecified atom stereocenters. The van der Waals surface area contributed by atoms with Crippen LogP contribution in [0.4, 0.5) is 0 Å². The lowest BCUT2D eigenvalue weighted by Crippen LogP contribution is -2.29. The maximum Gasteiger partial charge on any atom is 0.289 e. The molecule has 1 aromatic carbocycles. The summed E-state index contributed by atoms with van der Waals surface area (Å²) in [5.74, 6) is 1.22. The van der Waals surface area contributed by atoms with E-state index < -0.39 is 0 Å². The van der Waals surface area contributed by atoms with Crippen molar-refractivity contribution in [2.24, 2.45) is 7.05 Å². The van der Waals surface area contributed by atoms with Gasteiger partial charge in [0.05, 0.1) is 6.04 Å². The van der Waals surface area contributed by atoms with Crippen molar-refractivity contribution >= 4 is 5.91 Å². The van der Waals surface area contributed by atoms with Crippen LogP contribution in [-0.2, 0) is 13.5 Å². The first kappa shape index (κ1) is 14.6. The highest BCUT2D eigenvalue weighted by Crippen LogP contribution is 2.33. The molecule has 0 aliphatic heterocycles. The predicted molar refractivity (Wildman–Crippen MR) is 84.0 cm³/mol. The summed E-state index contributed by atoms with van der Waals surface area (Å²) < 4.78 is 6.50. The van der Waals surface area contributed by atoms with E-state index in [1.807, 2.05) is 12.1 Å². The quantitative estimate of drug-likeness (QED) is 0.785. The molecule has 0 fully saturated rings. The highest BCUT2D eigenvalue weighted by Gasteiger charge is 2.26. The Bertz CT molecular complexity index is 913. The molecule has 8 heteroatoms. The zero-order chi connectivity index (χ0) is 16.7. The van der Waals surface area contributed by atoms with Crippen LogP contribution in [-0.4, -0.2) is 30.8 Å². The van der Waals surface area contributed by atoms with Gasteiger partial charge in [-0.15, -0.1) is 0 Å². The van der Waals surface area contributed by atoms with Gasteiger partial charge in [0.15, 0.2) is 0 Å². The monoisotopic (exact) mass is 324 g/mol. The second-order valence-corrected chi connectivity index (χ2v) is 5.82. The number of hydrogen-bond donors (Lipinski definition) is 1. The number of hydrogen-bond acceptors (Lipinski definition) is 6. The fourth-order valence-electron chi connectivity index (χ4n) is 3.05. The lowest BCUT2D eigenvalue weighted by molar-refractivity contribution is 0.0922. The van der Waals surface area contributed by atoms with Gasteiger partial charge in [-0.1, -0.05) is 17.3 Å². The Labute approximate surface area is 137 Å². The van der Waals surface area contributed by atoms with E-state index in [0.717, 1.165) is 24.0 Å². The van der Waals surface area contributed by atoms with Crippen LogP contribution in [0.25, 0.3) is 11.4 Å². The standard InChI is InChI=1S/C16H16N6O2/c1-9-19-14(21-24-9)11-3-5-12-10(7-11)4-6-13(12)20-16(23)15-17-8-18-22(15)2/h3,5,7-8,13H,4,6H2,1-2H3,(H,20,23). The van der Waals surface area contributed by atoms with Crippen molar-refractivity contribution in [2.75, 3.05) is 0 Å². The Morgan fingerprint density at radius 2 is 2.29 bits per heavy atom. The van der Waals surface area contributed by atoms with E-state index in [4.69, 9.17) is 4.52 Å². The van der Waals surface area contributed by atoms with Crippen molar-refractivity contribution < 1.29 is 9.32 Å². The number of nitrogens with one attached hydrogen (secondary N) is 1. The number of nitrogens with zero attached hydrogens (tertiary/aromatic N) is 5. The van der Waals surface area contributed by atoms with Crippen LogP contribution in [0.15, 0.2) is 29.0 Å². The van der Waals surface area contributed by atoms with Gasteiger partial charge < -0.3 is 9.84 Å². The number of rotatable bonds is 3. The average Bonchev–Trinajstić information content (AvgIpc) is 3.27. The molecule has 0 saturated heterocycles. The number of carbonyl (C=O) groups excluding carboxylic acids is 1. The Hall–Kier alpha value is -3.03. The fraction of sp³-hybridized carbons (Fsp3) is 0.312. The Balaban J connectivity index is 1.56. The van der Waals surface area contributed by atoms with Gasteiger partial charge in [0.25, 0.3) is 5.91 Å². The maximum atomic E-state index is 12.3. The molecule has 8 nitrogen and oxygen atoms in total. The Morgan fingerprint density at radius 1 is 1.42 bits per heavy atom. The van der Waals surface area contributed by atoms with Crippen LogP contribution in [0.2, 0.25) is 0 Å². The van der Waals surface area contributed by atoms with Crippen LogP contribution < -0.4 is 5.32 Å². The number of fused-ring (bicyclic) bond motifs is 1. The minimum Gasteiger partial charge on any atom is -0.343 e. The number of aromatic nitrogens is 5. The summed E-state index contributed by atoms with van der Waals surface area (Å²) in [7, 11) is 1.70. The highest BCUT2D eigenvalue weighted by molar-refractivity contribution is 5.90. The molecule has 1 amide bonds. The number of amides is 1. The van der Waals surface area contributed by atoms with Crippen LogP contribution in [0.1, 0.15) is 40.1 Å². The van der Waals surface area contributed by atoms with Crippen molar-refractivity contribution in [3.8, 4) is 11.4 Å². The summed E-state index contributed by atoms with van der Waals surface area (Å²) >= 11 is 0. The molecule has 24 heavy (non-hydrogen) atoms. The second-order valence-electron chi connectivity index (χ2n) is 5.82. The van der Waals surface area contributed by atoms with E-state index in [1.165, 1.54) is 16.6 Å². The Morgan fingerprint density at radius 3 is 3.00 bits per heavy atom. The van der Waals surface area contributed by atoms with Gasteiger partial charge in [-0.05, 0) is 30.0 Å². The third kappa shape index (κ3) is 2.45. The zero-order valence-corrected chi connectivity index (χ0v) is 13.4. The number of aryl methyl sites for hydroxylation is 3. The first-order chi connectivity index (χ1) is 11.6. The van der Waals surface area contributed by atoms with Crippen molar-refractivity contribution in [3.63, 3.8) is 0 Å². The number of carbonyl (C=O) groups is 1. The van der Waals surface area contributed by atoms with E-state index in [1.54, 1.807) is 14.0 Å². The second kappa shape index (κ2) is 5.55. The number of benzene rings is 1. The maximum absolute atomic E-state index is 12.3. The van der Waals surface area contributed by atoms with Gasteiger partial charge >= 0.3 is 0 Å². The summed E-state index contributed by atoms with van der Waals surface area (Å²) in [4.78, 5) is 20.6. The van der Waals surface area contributed by atoms with Crippen molar-refractivity contribution in [3.05, 3.63) is 47.4 Å². The van der Waals surface area contributed by atoms with Crippen molar-refractivity contribution in [2.45, 2.75) is 25.8 Å². The molecule has 0 bridgehead atoms. The largest absolute Gasteiger partial charge is 0.343 e. The molecule has 4 rings (SSSR count).